The molecule has 1 aromatic heterocycles. The number of hydrogen-bond acceptors (Lipinski definition) is 6. The summed E-state index contributed by atoms with van der Waals surface area (Å²) in [6, 6.07) is 7.44. The number of nitrogens with two attached hydrogens (primary N) is 1. The van der Waals surface area contributed by atoms with E-state index < -0.39 is 14.9 Å². The Hall–Kier alpha value is -1.71. The molecule has 0 fully saturated rings. The first-order valence-corrected chi connectivity index (χ1v) is 12.9. The lowest BCUT2D eigenvalue weighted by atomic mass is 9.72. The summed E-state index contributed by atoms with van der Waals surface area (Å²) in [5, 5.41) is 5.25. The molecule has 1 unspecified atom stereocenters. The third kappa shape index (κ3) is 5.87. The van der Waals surface area contributed by atoms with Crippen LogP contribution in [0, 0.1) is 0 Å². The number of alkyl halides is 2. The Kier molecular flexibility index (Phi) is 7.75. The Morgan fingerprint density at radius 1 is 1.24 bits per heavy atom. The summed E-state index contributed by atoms with van der Waals surface area (Å²) in [7, 11) is -3.99. The number of rotatable bonds is 9. The molecule has 0 saturated carbocycles. The van der Waals surface area contributed by atoms with Crippen molar-refractivity contribution >= 4 is 44.8 Å². The van der Waals surface area contributed by atoms with E-state index in [1.807, 2.05) is 25.1 Å². The van der Waals surface area contributed by atoms with Gasteiger partial charge in [-0.25, -0.2) is 18.5 Å². The number of nitrogens with zero attached hydrogens (tertiary/aromatic N) is 1. The first kappa shape index (κ1) is 25.9. The van der Waals surface area contributed by atoms with Gasteiger partial charge in [0, 0.05) is 5.41 Å². The van der Waals surface area contributed by atoms with E-state index in [9.17, 15) is 8.42 Å². The molecule has 0 spiro atoms. The Bertz CT molecular complexity index is 1170. The summed E-state index contributed by atoms with van der Waals surface area (Å²) >= 11 is 19.0. The maximum Gasteiger partial charge on any atom is 0.259 e. The van der Waals surface area contributed by atoms with Crippen LogP contribution in [0.3, 0.4) is 0 Å². The van der Waals surface area contributed by atoms with E-state index in [2.05, 4.69) is 18.8 Å². The average Bonchev–Trinajstić information content (AvgIpc) is 3.21. The molecule has 0 amide bonds. The van der Waals surface area contributed by atoms with Crippen molar-refractivity contribution in [2.24, 2.45) is 5.14 Å². The fraction of sp³-hybridized carbons (Fsp3) is 0.409. The molecule has 0 bridgehead atoms. The molecule has 7 nitrogen and oxygen atoms in total. The van der Waals surface area contributed by atoms with Gasteiger partial charge in [0.1, 0.15) is 29.6 Å². The summed E-state index contributed by atoms with van der Waals surface area (Å²) in [5.41, 5.74) is 1.70. The molecular formula is C22H25Cl3N2O5S. The van der Waals surface area contributed by atoms with Crippen LogP contribution in [0.15, 0.2) is 62.5 Å². The van der Waals surface area contributed by atoms with Gasteiger partial charge in [-0.2, -0.15) is 0 Å². The van der Waals surface area contributed by atoms with Gasteiger partial charge in [0.2, 0.25) is 5.03 Å². The number of hydrogen-bond donors (Lipinski definition) is 1. The summed E-state index contributed by atoms with van der Waals surface area (Å²) in [4.78, 5) is 2.84. The van der Waals surface area contributed by atoms with Crippen molar-refractivity contribution in [1.29, 1.82) is 0 Å². The second-order valence-corrected chi connectivity index (χ2v) is 11.4. The minimum Gasteiger partial charge on any atom is -0.493 e. The summed E-state index contributed by atoms with van der Waals surface area (Å²) in [5.74, 6) is 1.43. The molecule has 1 aliphatic carbocycles. The number of ether oxygens (including phenoxy) is 2. The monoisotopic (exact) mass is 534 g/mol. The zero-order valence-corrected chi connectivity index (χ0v) is 21.5. The molecule has 0 aliphatic heterocycles. The molecule has 0 radical (unpaired) electrons. The van der Waals surface area contributed by atoms with Crippen LogP contribution in [0.5, 0.6) is 5.75 Å². The van der Waals surface area contributed by atoms with E-state index in [1.54, 1.807) is 12.1 Å². The van der Waals surface area contributed by atoms with Gasteiger partial charge in [0.15, 0.2) is 12.2 Å². The van der Waals surface area contributed by atoms with Crippen LogP contribution in [0.2, 0.25) is 0 Å². The number of allylic oxidation sites excluding steroid dienone is 4. The first-order valence-electron chi connectivity index (χ1n) is 10.0. The molecule has 1 atom stereocenters. The van der Waals surface area contributed by atoms with E-state index in [0.717, 1.165) is 17.5 Å². The number of oxazole rings is 1. The molecule has 1 heterocycles. The molecule has 33 heavy (non-hydrogen) atoms. The second kappa shape index (κ2) is 9.88. The van der Waals surface area contributed by atoms with Crippen molar-refractivity contribution in [1.82, 2.24) is 4.98 Å². The molecule has 0 saturated heterocycles. The Morgan fingerprint density at radius 2 is 1.91 bits per heavy atom. The van der Waals surface area contributed by atoms with Gasteiger partial charge in [-0.3, -0.25) is 0 Å². The number of sulfonamides is 1. The number of primary sulfonamides is 1. The van der Waals surface area contributed by atoms with Gasteiger partial charge in [-0.05, 0) is 37.1 Å². The molecule has 2 aromatic rings. The zero-order valence-electron chi connectivity index (χ0n) is 18.4. The van der Waals surface area contributed by atoms with E-state index in [4.69, 9.17) is 53.8 Å². The zero-order chi connectivity index (χ0) is 24.4. The van der Waals surface area contributed by atoms with Crippen molar-refractivity contribution in [3.05, 3.63) is 64.4 Å². The lowest BCUT2D eigenvalue weighted by Crippen LogP contribution is -2.32. The quantitative estimate of drug-likeness (QED) is 0.442. The van der Waals surface area contributed by atoms with Crippen molar-refractivity contribution < 1.29 is 22.3 Å². The van der Waals surface area contributed by atoms with Crippen LogP contribution >= 0.6 is 34.8 Å². The topological polar surface area (TPSA) is 105 Å². The average molecular weight is 536 g/mol. The maximum absolute atomic E-state index is 11.5. The van der Waals surface area contributed by atoms with E-state index >= 15 is 0 Å². The molecular weight excluding hydrogens is 511 g/mol. The maximum atomic E-state index is 11.5. The largest absolute Gasteiger partial charge is 0.493 e. The van der Waals surface area contributed by atoms with Crippen molar-refractivity contribution in [3.63, 3.8) is 0 Å². The fourth-order valence-electron chi connectivity index (χ4n) is 3.61. The van der Waals surface area contributed by atoms with Gasteiger partial charge >= 0.3 is 0 Å². The van der Waals surface area contributed by atoms with Gasteiger partial charge in [-0.1, -0.05) is 43.2 Å². The van der Waals surface area contributed by atoms with Crippen LogP contribution < -0.4 is 9.88 Å². The predicted molar refractivity (Wildman–Crippen MR) is 128 cm³/mol. The SMILES string of the molecule is CC1(Cl)CC(C(C)(C)c2ccc(OCc3ocnc3S(N)(=O)=O)cc2)=CC(Cl)=C1OCCCl. The number of halogens is 3. The van der Waals surface area contributed by atoms with Crippen LogP contribution in [0.25, 0.3) is 0 Å². The first-order chi connectivity index (χ1) is 15.4. The highest BCUT2D eigenvalue weighted by molar-refractivity contribution is 7.89. The fourth-order valence-corrected chi connectivity index (χ4v) is 5.04. The third-order valence-electron chi connectivity index (χ3n) is 5.46. The van der Waals surface area contributed by atoms with Gasteiger partial charge in [0.05, 0.1) is 10.9 Å². The molecule has 3 rings (SSSR count). The highest BCUT2D eigenvalue weighted by atomic mass is 35.5. The smallest absolute Gasteiger partial charge is 0.259 e. The number of aromatic nitrogens is 1. The van der Waals surface area contributed by atoms with Crippen LogP contribution in [0.1, 0.15) is 38.5 Å². The molecule has 11 heteroatoms. The lowest BCUT2D eigenvalue weighted by Gasteiger charge is -2.37. The minimum absolute atomic E-state index is 0.0317. The number of benzene rings is 1. The van der Waals surface area contributed by atoms with Crippen LogP contribution in [-0.4, -0.2) is 30.8 Å². The second-order valence-electron chi connectivity index (χ2n) is 8.32. The highest BCUT2D eigenvalue weighted by Gasteiger charge is 2.39. The van der Waals surface area contributed by atoms with Crippen molar-refractivity contribution in [2.75, 3.05) is 12.5 Å². The van der Waals surface area contributed by atoms with Gasteiger partial charge < -0.3 is 13.9 Å². The summed E-state index contributed by atoms with van der Waals surface area (Å²) in [6.07, 6.45) is 3.46. The molecule has 180 valence electrons. The van der Waals surface area contributed by atoms with Crippen molar-refractivity contribution in [2.45, 2.75) is 49.1 Å². The van der Waals surface area contributed by atoms with E-state index in [-0.39, 0.29) is 22.8 Å². The Balaban J connectivity index is 1.77. The Labute approximate surface area is 208 Å². The molecule has 1 aromatic carbocycles. The molecule has 2 N–H and O–H groups in total. The van der Waals surface area contributed by atoms with Crippen molar-refractivity contribution in [3.8, 4) is 5.75 Å². The van der Waals surface area contributed by atoms with Gasteiger partial charge in [-0.15, -0.1) is 23.2 Å². The lowest BCUT2D eigenvalue weighted by molar-refractivity contribution is 0.200. The third-order valence-corrected chi connectivity index (χ3v) is 7.07. The molecule has 1 aliphatic rings. The normalized spacial score (nSPS) is 19.4. The minimum atomic E-state index is -3.99. The predicted octanol–water partition coefficient (Wildman–Crippen LogP) is 5.21. The standard InChI is InChI=1S/C22H25Cl3N2O5S/c1-21(2,15-10-17(24)19(30-9-8-23)22(3,25)11-15)14-4-6-16(7-5-14)31-12-18-20(27-13-32-18)33(26,28)29/h4-7,10,13H,8-9,11-12H2,1-3H3,(H2,26,28,29). The Morgan fingerprint density at radius 3 is 2.48 bits per heavy atom. The summed E-state index contributed by atoms with van der Waals surface area (Å²) in [6.45, 7) is 6.25. The van der Waals surface area contributed by atoms with Crippen LogP contribution in [-0.2, 0) is 26.8 Å². The van der Waals surface area contributed by atoms with Gasteiger partial charge in [0.25, 0.3) is 10.0 Å². The van der Waals surface area contributed by atoms with E-state index in [0.29, 0.717) is 35.4 Å². The summed E-state index contributed by atoms with van der Waals surface area (Å²) < 4.78 is 39.5. The highest BCUT2D eigenvalue weighted by Crippen LogP contribution is 2.46. The van der Waals surface area contributed by atoms with Crippen LogP contribution in [0.4, 0.5) is 0 Å². The van der Waals surface area contributed by atoms with E-state index in [1.165, 1.54) is 0 Å².